The Hall–Kier alpha value is -5.57. The molecule has 3 N–H and O–H groups in total. The molecule has 2 amide bonds. The lowest BCUT2D eigenvalue weighted by Gasteiger charge is -2.35. The molecule has 0 saturated carbocycles. The van der Waals surface area contributed by atoms with Crippen molar-refractivity contribution in [3.8, 4) is 16.9 Å². The number of anilines is 2. The highest BCUT2D eigenvalue weighted by Gasteiger charge is 2.29. The predicted octanol–water partition coefficient (Wildman–Crippen LogP) is 4.87. The van der Waals surface area contributed by atoms with Gasteiger partial charge in [-0.05, 0) is 60.9 Å². The first-order valence-corrected chi connectivity index (χ1v) is 17.6. The molecule has 0 bridgehead atoms. The topological polar surface area (TPSA) is 146 Å². The number of amides is 2. The van der Waals surface area contributed by atoms with Gasteiger partial charge in [0.2, 0.25) is 0 Å². The normalized spacial score (nSPS) is 14.1. The number of carbonyl (C=O) groups is 2. The average Bonchev–Trinajstić information content (AvgIpc) is 3.77. The lowest BCUT2D eigenvalue weighted by atomic mass is 9.88. The van der Waals surface area contributed by atoms with E-state index in [0.29, 0.717) is 72.4 Å². The Bertz CT molecular complexity index is 2160. The molecule has 1 fully saturated rings. The van der Waals surface area contributed by atoms with Crippen molar-refractivity contribution in [3.63, 3.8) is 0 Å². The van der Waals surface area contributed by atoms with Crippen molar-refractivity contribution in [1.82, 2.24) is 29.4 Å². The highest BCUT2D eigenvalue weighted by atomic mass is 35.5. The van der Waals surface area contributed by atoms with Crippen molar-refractivity contribution in [2.45, 2.75) is 25.9 Å². The van der Waals surface area contributed by atoms with Gasteiger partial charge in [0.15, 0.2) is 5.69 Å². The molecule has 15 heteroatoms. The Kier molecular flexibility index (Phi) is 10.5. The maximum atomic E-state index is 13.8. The third-order valence-electron chi connectivity index (χ3n) is 9.36. The van der Waals surface area contributed by atoms with E-state index in [1.165, 1.54) is 18.3 Å². The lowest BCUT2D eigenvalue weighted by Crippen LogP contribution is -2.46. The standard InChI is InChI=1S/C38H39ClFN9O4/c1-24(53-16-15-52-2)21-48-23-25(19-43-48)22-46-11-13-47(14-12-46)34-18-32(33(39)20-42-34)38(51)44-28-7-3-26-4-10-30-35(37(41)50)45-49(36(30)31(26)17-28)29-8-5-27(40)6-9-29/h3,5-9,17-20,23H,1,4,10-16,21-22H2,2H3,(H2,41,50)(H,44,51). The number of piperazine rings is 1. The molecule has 1 saturated heterocycles. The van der Waals surface area contributed by atoms with Crippen LogP contribution in [0.2, 0.25) is 5.02 Å². The van der Waals surface area contributed by atoms with Gasteiger partial charge < -0.3 is 25.4 Å². The number of methoxy groups -OCH3 is 1. The zero-order valence-electron chi connectivity index (χ0n) is 29.2. The minimum atomic E-state index is -0.644. The monoisotopic (exact) mass is 739 g/mol. The fourth-order valence-corrected chi connectivity index (χ4v) is 6.91. The third-order valence-corrected chi connectivity index (χ3v) is 9.66. The molecule has 13 nitrogen and oxygen atoms in total. The largest absolute Gasteiger partial charge is 0.494 e. The van der Waals surface area contributed by atoms with E-state index in [2.05, 4.69) is 36.9 Å². The zero-order chi connectivity index (χ0) is 37.1. The summed E-state index contributed by atoms with van der Waals surface area (Å²) < 4.78 is 27.8. The maximum absolute atomic E-state index is 13.8. The summed E-state index contributed by atoms with van der Waals surface area (Å²) in [6.45, 7) is 9.17. The van der Waals surface area contributed by atoms with Crippen molar-refractivity contribution in [3.05, 3.63) is 118 Å². The summed E-state index contributed by atoms with van der Waals surface area (Å²) in [6.07, 6.45) is 6.59. The first-order valence-electron chi connectivity index (χ1n) is 17.2. The second-order valence-electron chi connectivity index (χ2n) is 13.0. The molecule has 0 radical (unpaired) electrons. The molecule has 0 unspecified atom stereocenters. The maximum Gasteiger partial charge on any atom is 0.269 e. The lowest BCUT2D eigenvalue weighted by molar-refractivity contribution is 0.0992. The summed E-state index contributed by atoms with van der Waals surface area (Å²) in [6, 6.07) is 13.2. The van der Waals surface area contributed by atoms with E-state index in [1.54, 1.807) is 30.0 Å². The van der Waals surface area contributed by atoms with Crippen LogP contribution in [0.5, 0.6) is 0 Å². The van der Waals surface area contributed by atoms with Gasteiger partial charge in [-0.15, -0.1) is 0 Å². The van der Waals surface area contributed by atoms with Gasteiger partial charge in [-0.2, -0.15) is 10.2 Å². The fourth-order valence-electron chi connectivity index (χ4n) is 6.72. The van der Waals surface area contributed by atoms with Gasteiger partial charge in [0.05, 0.1) is 41.3 Å². The van der Waals surface area contributed by atoms with Crippen LogP contribution in [0, 0.1) is 5.82 Å². The number of hydrogen-bond acceptors (Lipinski definition) is 9. The van der Waals surface area contributed by atoms with Crippen LogP contribution in [0.25, 0.3) is 16.9 Å². The number of allylic oxidation sites excluding steroid dienone is 1. The Labute approximate surface area is 310 Å². The molecule has 1 aliphatic heterocycles. The molecule has 53 heavy (non-hydrogen) atoms. The van der Waals surface area contributed by atoms with Crippen LogP contribution in [0.4, 0.5) is 15.9 Å². The SMILES string of the molecule is C=C(Cn1cc(CN2CCN(c3cc(C(=O)Nc4ccc5c(c4)-c4c(c(C(N)=O)nn4-c4ccc(F)cc4)CC5)c(Cl)cn3)CC2)cn1)OCCOC. The van der Waals surface area contributed by atoms with Crippen LogP contribution in [0.3, 0.4) is 0 Å². The van der Waals surface area contributed by atoms with Gasteiger partial charge in [0, 0.05) is 74.6 Å². The van der Waals surface area contributed by atoms with Crippen molar-refractivity contribution in [2.75, 3.05) is 56.7 Å². The molecule has 274 valence electrons. The number of hydrogen-bond donors (Lipinski definition) is 2. The van der Waals surface area contributed by atoms with Gasteiger partial charge in [-0.25, -0.2) is 14.1 Å². The zero-order valence-corrected chi connectivity index (χ0v) is 30.0. The van der Waals surface area contributed by atoms with Crippen LogP contribution in [-0.2, 0) is 35.4 Å². The number of nitrogens with one attached hydrogen (secondary N) is 1. The average molecular weight is 740 g/mol. The molecule has 2 aromatic carbocycles. The molecule has 7 rings (SSSR count). The summed E-state index contributed by atoms with van der Waals surface area (Å²) in [7, 11) is 1.63. The predicted molar refractivity (Wildman–Crippen MR) is 199 cm³/mol. The second kappa shape index (κ2) is 15.6. The van der Waals surface area contributed by atoms with Crippen LogP contribution in [0.1, 0.15) is 37.5 Å². The van der Waals surface area contributed by atoms with Gasteiger partial charge in [0.1, 0.15) is 24.0 Å². The van der Waals surface area contributed by atoms with Crippen molar-refractivity contribution in [1.29, 1.82) is 0 Å². The van der Waals surface area contributed by atoms with Gasteiger partial charge in [-0.1, -0.05) is 24.2 Å². The number of fused-ring (bicyclic) bond motifs is 3. The fraction of sp³-hybridized carbons (Fsp3) is 0.289. The second-order valence-corrected chi connectivity index (χ2v) is 13.4. The van der Waals surface area contributed by atoms with E-state index >= 15 is 0 Å². The quantitative estimate of drug-likeness (QED) is 0.128. The van der Waals surface area contributed by atoms with Gasteiger partial charge in [0.25, 0.3) is 11.8 Å². The minimum absolute atomic E-state index is 0.166. The van der Waals surface area contributed by atoms with Crippen LogP contribution in [-0.4, -0.2) is 87.8 Å². The summed E-state index contributed by atoms with van der Waals surface area (Å²) in [4.78, 5) is 35.1. The summed E-state index contributed by atoms with van der Waals surface area (Å²) in [5.41, 5.74) is 11.6. The van der Waals surface area contributed by atoms with E-state index in [9.17, 15) is 14.0 Å². The molecular formula is C38H39ClFN9O4. The minimum Gasteiger partial charge on any atom is -0.494 e. The molecule has 1 aliphatic carbocycles. The van der Waals surface area contributed by atoms with Crippen LogP contribution < -0.4 is 16.0 Å². The number of halogens is 2. The number of primary amides is 1. The van der Waals surface area contributed by atoms with Gasteiger partial charge in [-0.3, -0.25) is 19.2 Å². The molecule has 3 aromatic heterocycles. The highest BCUT2D eigenvalue weighted by molar-refractivity contribution is 6.34. The van der Waals surface area contributed by atoms with Crippen molar-refractivity contribution >= 4 is 34.9 Å². The molecule has 4 heterocycles. The number of ether oxygens (including phenoxy) is 2. The highest BCUT2D eigenvalue weighted by Crippen LogP contribution is 2.38. The number of carbonyl (C=O) groups excluding carboxylic acids is 2. The summed E-state index contributed by atoms with van der Waals surface area (Å²) in [5.74, 6) is -0.130. The third kappa shape index (κ3) is 7.94. The number of aromatic nitrogens is 5. The Morgan fingerprint density at radius 1 is 1.04 bits per heavy atom. The Morgan fingerprint density at radius 3 is 2.58 bits per heavy atom. The molecule has 2 aliphatic rings. The number of aryl methyl sites for hydroxylation is 1. The van der Waals surface area contributed by atoms with E-state index in [-0.39, 0.29) is 22.4 Å². The molecular weight excluding hydrogens is 701 g/mol. The van der Waals surface area contributed by atoms with Crippen LogP contribution >= 0.6 is 11.6 Å². The van der Waals surface area contributed by atoms with Gasteiger partial charge >= 0.3 is 0 Å². The van der Waals surface area contributed by atoms with Crippen LogP contribution in [0.15, 0.2) is 79.5 Å². The smallest absolute Gasteiger partial charge is 0.269 e. The number of nitrogens with zero attached hydrogens (tertiary/aromatic N) is 7. The molecule has 0 spiro atoms. The van der Waals surface area contributed by atoms with E-state index < -0.39 is 5.91 Å². The Morgan fingerprint density at radius 2 is 1.83 bits per heavy atom. The molecule has 5 aromatic rings. The van der Waals surface area contributed by atoms with E-state index in [0.717, 1.165) is 49.4 Å². The first-order chi connectivity index (χ1) is 25.7. The molecule has 0 atom stereocenters. The number of pyridine rings is 1. The number of rotatable bonds is 13. The number of nitrogens with two attached hydrogens (primary N) is 1. The van der Waals surface area contributed by atoms with Crippen molar-refractivity contribution in [2.24, 2.45) is 5.73 Å². The van der Waals surface area contributed by atoms with E-state index in [4.69, 9.17) is 26.8 Å². The van der Waals surface area contributed by atoms with Crippen molar-refractivity contribution < 1.29 is 23.5 Å². The summed E-state index contributed by atoms with van der Waals surface area (Å²) in [5, 5.41) is 12.2. The first kappa shape index (κ1) is 35.8. The van der Waals surface area contributed by atoms with E-state index in [1.807, 2.05) is 35.3 Å². The Balaban J connectivity index is 1.02. The summed E-state index contributed by atoms with van der Waals surface area (Å²) >= 11 is 6.53. The number of benzene rings is 2.